The topological polar surface area (TPSA) is 125 Å². The maximum Gasteiger partial charge on any atom is 0.270 e. The normalized spacial score (nSPS) is 11.0. The third-order valence-electron chi connectivity index (χ3n) is 4.30. The Morgan fingerprint density at radius 3 is 2.72 bits per heavy atom. The minimum atomic E-state index is -0.535. The molecule has 0 aliphatic heterocycles. The second kappa shape index (κ2) is 10.7. The molecule has 0 saturated heterocycles. The fourth-order valence-corrected chi connectivity index (χ4v) is 3.68. The Bertz CT molecular complexity index is 1150. The van der Waals surface area contributed by atoms with Crippen LogP contribution in [0.4, 0.5) is 5.69 Å². The molecule has 0 aliphatic rings. The number of nitrogens with zero attached hydrogens (tertiary/aromatic N) is 5. The number of rotatable bonds is 9. The van der Waals surface area contributed by atoms with Crippen molar-refractivity contribution in [1.29, 1.82) is 0 Å². The van der Waals surface area contributed by atoms with Crippen molar-refractivity contribution in [3.63, 3.8) is 0 Å². The molecular formula is C20H19ClN6O4S. The Kier molecular flexibility index (Phi) is 7.79. The van der Waals surface area contributed by atoms with Crippen LogP contribution in [-0.2, 0) is 11.3 Å². The van der Waals surface area contributed by atoms with Crippen LogP contribution in [0.15, 0.2) is 52.7 Å². The smallest absolute Gasteiger partial charge is 0.270 e. The molecule has 1 N–H and O–H groups in total. The molecule has 1 amide bonds. The summed E-state index contributed by atoms with van der Waals surface area (Å²) in [6, 6.07) is 11.4. The monoisotopic (exact) mass is 474 g/mol. The molecule has 2 aromatic carbocycles. The summed E-state index contributed by atoms with van der Waals surface area (Å²) in [6.45, 7) is 2.59. The lowest BCUT2D eigenvalue weighted by atomic mass is 10.2. The Labute approximate surface area is 192 Å². The zero-order valence-corrected chi connectivity index (χ0v) is 18.8. The van der Waals surface area contributed by atoms with E-state index in [1.807, 2.05) is 35.8 Å². The van der Waals surface area contributed by atoms with E-state index in [4.69, 9.17) is 16.3 Å². The van der Waals surface area contributed by atoms with Crippen LogP contribution < -0.4 is 10.2 Å². The SMILES string of the molecule is CCn1c(SCC(=O)N/N=C\c2cc([N+](=O)[O-])ccc2Cl)nnc1-c1ccc(OC)cc1. The number of nitro groups is 1. The molecule has 166 valence electrons. The van der Waals surface area contributed by atoms with E-state index in [1.165, 1.54) is 36.2 Å². The summed E-state index contributed by atoms with van der Waals surface area (Å²) in [4.78, 5) is 22.5. The van der Waals surface area contributed by atoms with Crippen LogP contribution in [0.1, 0.15) is 12.5 Å². The lowest BCUT2D eigenvalue weighted by Crippen LogP contribution is -2.20. The van der Waals surface area contributed by atoms with E-state index >= 15 is 0 Å². The number of methoxy groups -OCH3 is 1. The molecule has 0 aliphatic carbocycles. The summed E-state index contributed by atoms with van der Waals surface area (Å²) in [6.07, 6.45) is 1.26. The van der Waals surface area contributed by atoms with Crippen LogP contribution in [0.2, 0.25) is 5.02 Å². The number of non-ortho nitro benzene ring substituents is 1. The van der Waals surface area contributed by atoms with E-state index in [1.54, 1.807) is 7.11 Å². The number of hydrazone groups is 1. The van der Waals surface area contributed by atoms with Crippen LogP contribution in [0.3, 0.4) is 0 Å². The van der Waals surface area contributed by atoms with Crippen molar-refractivity contribution in [2.24, 2.45) is 5.10 Å². The first-order chi connectivity index (χ1) is 15.4. The van der Waals surface area contributed by atoms with Gasteiger partial charge in [0.1, 0.15) is 5.75 Å². The number of hydrogen-bond acceptors (Lipinski definition) is 8. The third-order valence-corrected chi connectivity index (χ3v) is 5.61. The van der Waals surface area contributed by atoms with Gasteiger partial charge in [-0.05, 0) is 37.3 Å². The van der Waals surface area contributed by atoms with Crippen LogP contribution in [0, 0.1) is 10.1 Å². The first kappa shape index (κ1) is 23.2. The van der Waals surface area contributed by atoms with Gasteiger partial charge in [-0.2, -0.15) is 5.10 Å². The fraction of sp³-hybridized carbons (Fsp3) is 0.200. The number of ether oxygens (including phenoxy) is 1. The molecule has 0 bridgehead atoms. The quantitative estimate of drug-likeness (QED) is 0.216. The van der Waals surface area contributed by atoms with Gasteiger partial charge in [0.2, 0.25) is 0 Å². The van der Waals surface area contributed by atoms with Crippen LogP contribution in [0.25, 0.3) is 11.4 Å². The van der Waals surface area contributed by atoms with Crippen molar-refractivity contribution >= 4 is 41.2 Å². The second-order valence-electron chi connectivity index (χ2n) is 6.32. The summed E-state index contributed by atoms with van der Waals surface area (Å²) in [5.74, 6) is 1.12. The van der Waals surface area contributed by atoms with Gasteiger partial charge in [0.25, 0.3) is 11.6 Å². The van der Waals surface area contributed by atoms with Crippen molar-refractivity contribution in [2.75, 3.05) is 12.9 Å². The molecule has 0 fully saturated rings. The van der Waals surface area contributed by atoms with Crippen molar-refractivity contribution in [3.8, 4) is 17.1 Å². The summed E-state index contributed by atoms with van der Waals surface area (Å²) < 4.78 is 7.08. The number of hydrogen-bond donors (Lipinski definition) is 1. The number of halogens is 1. The third kappa shape index (κ3) is 5.62. The summed E-state index contributed by atoms with van der Waals surface area (Å²) >= 11 is 7.23. The molecule has 0 unspecified atom stereocenters. The molecule has 12 heteroatoms. The molecule has 32 heavy (non-hydrogen) atoms. The van der Waals surface area contributed by atoms with E-state index in [-0.39, 0.29) is 22.4 Å². The first-order valence-electron chi connectivity index (χ1n) is 9.39. The first-order valence-corrected chi connectivity index (χ1v) is 10.8. The number of carbonyl (C=O) groups excluding carboxylic acids is 1. The molecular weight excluding hydrogens is 456 g/mol. The van der Waals surface area contributed by atoms with E-state index < -0.39 is 4.92 Å². The lowest BCUT2D eigenvalue weighted by Gasteiger charge is -2.07. The van der Waals surface area contributed by atoms with Gasteiger partial charge in [-0.25, -0.2) is 5.43 Å². The Morgan fingerprint density at radius 2 is 2.06 bits per heavy atom. The lowest BCUT2D eigenvalue weighted by molar-refractivity contribution is -0.384. The number of nitro benzene ring substituents is 1. The number of carbonyl (C=O) groups is 1. The maximum atomic E-state index is 12.2. The van der Waals surface area contributed by atoms with Gasteiger partial charge in [0.15, 0.2) is 11.0 Å². The highest BCUT2D eigenvalue weighted by molar-refractivity contribution is 7.99. The van der Waals surface area contributed by atoms with Crippen LogP contribution in [-0.4, -0.2) is 44.7 Å². The predicted molar refractivity (Wildman–Crippen MR) is 122 cm³/mol. The Balaban J connectivity index is 1.61. The zero-order chi connectivity index (χ0) is 23.1. The highest BCUT2D eigenvalue weighted by Gasteiger charge is 2.15. The van der Waals surface area contributed by atoms with E-state index in [0.29, 0.717) is 23.1 Å². The molecule has 1 heterocycles. The van der Waals surface area contributed by atoms with E-state index in [0.717, 1.165) is 11.3 Å². The number of thioether (sulfide) groups is 1. The minimum absolute atomic E-state index is 0.0563. The molecule has 0 atom stereocenters. The van der Waals surface area contributed by atoms with Gasteiger partial charge in [0.05, 0.1) is 24.0 Å². The molecule has 0 saturated carbocycles. The van der Waals surface area contributed by atoms with Crippen LogP contribution >= 0.6 is 23.4 Å². The number of nitrogens with one attached hydrogen (secondary N) is 1. The van der Waals surface area contributed by atoms with Crippen LogP contribution in [0.5, 0.6) is 5.75 Å². The molecule has 10 nitrogen and oxygen atoms in total. The maximum absolute atomic E-state index is 12.2. The average Bonchev–Trinajstić information content (AvgIpc) is 3.21. The van der Waals surface area contributed by atoms with Crippen molar-refractivity contribution in [3.05, 3.63) is 63.2 Å². The zero-order valence-electron chi connectivity index (χ0n) is 17.2. The molecule has 0 spiro atoms. The molecule has 3 aromatic rings. The van der Waals surface area contributed by atoms with Gasteiger partial charge in [-0.15, -0.1) is 10.2 Å². The molecule has 1 aromatic heterocycles. The van der Waals surface area contributed by atoms with E-state index in [2.05, 4.69) is 20.7 Å². The molecule has 3 rings (SSSR count). The number of aromatic nitrogens is 3. The van der Waals surface area contributed by atoms with Crippen molar-refractivity contribution < 1.29 is 14.5 Å². The second-order valence-corrected chi connectivity index (χ2v) is 7.67. The minimum Gasteiger partial charge on any atom is -0.497 e. The summed E-state index contributed by atoms with van der Waals surface area (Å²) in [5.41, 5.74) is 3.46. The average molecular weight is 475 g/mol. The molecule has 0 radical (unpaired) electrons. The van der Waals surface area contributed by atoms with Gasteiger partial charge >= 0.3 is 0 Å². The fourth-order valence-electron chi connectivity index (χ4n) is 2.71. The predicted octanol–water partition coefficient (Wildman–Crippen LogP) is 3.78. The van der Waals surface area contributed by atoms with Gasteiger partial charge in [-0.1, -0.05) is 23.4 Å². The summed E-state index contributed by atoms with van der Waals surface area (Å²) in [5, 5.41) is 24.0. The standard InChI is InChI=1S/C20H19ClN6O4S/c1-3-26-19(13-4-7-16(31-2)8-5-13)24-25-20(26)32-12-18(28)23-22-11-14-10-15(27(29)30)6-9-17(14)21/h4-11H,3,12H2,1-2H3,(H,23,28)/b22-11-. The van der Waals surface area contributed by atoms with Gasteiger partial charge < -0.3 is 9.30 Å². The van der Waals surface area contributed by atoms with Gasteiger partial charge in [-0.3, -0.25) is 14.9 Å². The highest BCUT2D eigenvalue weighted by Crippen LogP contribution is 2.25. The largest absolute Gasteiger partial charge is 0.497 e. The van der Waals surface area contributed by atoms with Gasteiger partial charge in [0, 0.05) is 34.8 Å². The Hall–Kier alpha value is -3.44. The number of amides is 1. The van der Waals surface area contributed by atoms with Crippen molar-refractivity contribution in [1.82, 2.24) is 20.2 Å². The summed E-state index contributed by atoms with van der Waals surface area (Å²) in [7, 11) is 1.60. The van der Waals surface area contributed by atoms with E-state index in [9.17, 15) is 14.9 Å². The van der Waals surface area contributed by atoms with Crippen molar-refractivity contribution in [2.45, 2.75) is 18.6 Å². The Morgan fingerprint density at radius 1 is 1.31 bits per heavy atom. The highest BCUT2D eigenvalue weighted by atomic mass is 35.5. The number of benzene rings is 2.